The summed E-state index contributed by atoms with van der Waals surface area (Å²) in [6.07, 6.45) is 0. The zero-order valence-electron chi connectivity index (χ0n) is 15.4. The molecule has 0 aliphatic rings. The number of aromatic nitrogens is 1. The molecule has 26 heavy (non-hydrogen) atoms. The summed E-state index contributed by atoms with van der Waals surface area (Å²) in [5.74, 6) is 0.494. The Morgan fingerprint density at radius 1 is 1.19 bits per heavy atom. The first-order chi connectivity index (χ1) is 12.3. The highest BCUT2D eigenvalue weighted by Crippen LogP contribution is 2.34. The van der Waals surface area contributed by atoms with Gasteiger partial charge in [-0.15, -0.1) is 0 Å². The number of carbonyl (C=O) groups is 1. The second kappa shape index (κ2) is 7.43. The van der Waals surface area contributed by atoms with Crippen LogP contribution in [-0.4, -0.2) is 35.0 Å². The summed E-state index contributed by atoms with van der Waals surface area (Å²) >= 11 is 1.38. The van der Waals surface area contributed by atoms with Crippen LogP contribution in [0.1, 0.15) is 41.3 Å². The van der Waals surface area contributed by atoms with E-state index in [1.54, 1.807) is 12.1 Å². The number of nitrogens with zero attached hydrogens (tertiary/aromatic N) is 2. The minimum Gasteiger partial charge on any atom is -0.508 e. The Kier molecular flexibility index (Phi) is 5.25. The molecule has 0 unspecified atom stereocenters. The van der Waals surface area contributed by atoms with Gasteiger partial charge in [-0.25, -0.2) is 4.98 Å². The molecule has 0 saturated carbocycles. The lowest BCUT2D eigenvalue weighted by Gasteiger charge is -2.11. The lowest BCUT2D eigenvalue weighted by Crippen LogP contribution is -2.11. The van der Waals surface area contributed by atoms with Gasteiger partial charge in [0.05, 0.1) is 10.2 Å². The van der Waals surface area contributed by atoms with Crippen LogP contribution >= 0.6 is 11.3 Å². The smallest absolute Gasteiger partial charge is 0.257 e. The van der Waals surface area contributed by atoms with E-state index < -0.39 is 0 Å². The van der Waals surface area contributed by atoms with Crippen LogP contribution < -0.4 is 5.32 Å². The molecule has 0 aliphatic carbocycles. The summed E-state index contributed by atoms with van der Waals surface area (Å²) in [5.41, 5.74) is 3.40. The van der Waals surface area contributed by atoms with Crippen molar-refractivity contribution in [1.29, 1.82) is 0 Å². The Balaban J connectivity index is 1.85. The molecule has 3 rings (SSSR count). The number of rotatable bonds is 5. The zero-order chi connectivity index (χ0) is 18.8. The van der Waals surface area contributed by atoms with Gasteiger partial charge in [0, 0.05) is 17.7 Å². The van der Waals surface area contributed by atoms with Crippen molar-refractivity contribution >= 4 is 32.6 Å². The Labute approximate surface area is 157 Å². The van der Waals surface area contributed by atoms with Crippen molar-refractivity contribution in [3.63, 3.8) is 0 Å². The van der Waals surface area contributed by atoms with Crippen molar-refractivity contribution in [2.24, 2.45) is 0 Å². The van der Waals surface area contributed by atoms with Gasteiger partial charge in [0.1, 0.15) is 5.75 Å². The average molecular weight is 369 g/mol. The molecule has 6 heteroatoms. The third kappa shape index (κ3) is 3.86. The molecule has 1 aromatic heterocycles. The fourth-order valence-corrected chi connectivity index (χ4v) is 3.74. The second-order valence-corrected chi connectivity index (χ2v) is 7.90. The standard InChI is InChI=1S/C20H23N3O2S/c1-12(2)13-5-7-14(8-6-13)19(25)22-20-21-16-9-10-17(24)15(11-23(3)4)18(16)26-20/h5-10,12,24H,11H2,1-4H3,(H,21,22,25). The normalized spacial score (nSPS) is 11.5. The predicted molar refractivity (Wildman–Crippen MR) is 107 cm³/mol. The molecule has 2 N–H and O–H groups in total. The Bertz CT molecular complexity index is 930. The van der Waals surface area contributed by atoms with E-state index >= 15 is 0 Å². The number of hydrogen-bond acceptors (Lipinski definition) is 5. The van der Waals surface area contributed by atoms with Gasteiger partial charge in [-0.05, 0) is 49.8 Å². The molecule has 2 aromatic carbocycles. The highest BCUT2D eigenvalue weighted by molar-refractivity contribution is 7.22. The van der Waals surface area contributed by atoms with Gasteiger partial charge in [-0.3, -0.25) is 10.1 Å². The number of phenolic OH excluding ortho intramolecular Hbond substituents is 1. The fourth-order valence-electron chi connectivity index (χ4n) is 2.75. The second-order valence-electron chi connectivity index (χ2n) is 6.90. The molecule has 1 heterocycles. The summed E-state index contributed by atoms with van der Waals surface area (Å²) < 4.78 is 0.893. The summed E-state index contributed by atoms with van der Waals surface area (Å²) in [7, 11) is 3.89. The van der Waals surface area contributed by atoms with E-state index in [1.807, 2.05) is 43.3 Å². The molecule has 0 bridgehead atoms. The highest BCUT2D eigenvalue weighted by atomic mass is 32.1. The summed E-state index contributed by atoms with van der Waals surface area (Å²) in [6, 6.07) is 11.0. The number of phenols is 1. The number of hydrogen-bond donors (Lipinski definition) is 2. The molecule has 136 valence electrons. The molecule has 0 aliphatic heterocycles. The molecule has 0 radical (unpaired) electrons. The van der Waals surface area contributed by atoms with Gasteiger partial charge in [0.25, 0.3) is 5.91 Å². The van der Waals surface area contributed by atoms with Crippen molar-refractivity contribution < 1.29 is 9.90 Å². The third-order valence-corrected chi connectivity index (χ3v) is 5.22. The number of carbonyl (C=O) groups excluding carboxylic acids is 1. The summed E-state index contributed by atoms with van der Waals surface area (Å²) in [5, 5.41) is 13.6. The zero-order valence-corrected chi connectivity index (χ0v) is 16.2. The SMILES string of the molecule is CC(C)c1ccc(C(=O)Nc2nc3ccc(O)c(CN(C)C)c3s2)cc1. The molecule has 0 atom stereocenters. The molecule has 1 amide bonds. The van der Waals surface area contributed by atoms with Crippen LogP contribution in [0.3, 0.4) is 0 Å². The quantitative estimate of drug-likeness (QED) is 0.698. The van der Waals surface area contributed by atoms with Crippen molar-refractivity contribution in [2.45, 2.75) is 26.3 Å². The van der Waals surface area contributed by atoms with Crippen molar-refractivity contribution in [3.05, 3.63) is 53.1 Å². The van der Waals surface area contributed by atoms with E-state index in [9.17, 15) is 9.90 Å². The van der Waals surface area contributed by atoms with Crippen LogP contribution in [0.2, 0.25) is 0 Å². The summed E-state index contributed by atoms with van der Waals surface area (Å²) in [4.78, 5) is 19.0. The molecular formula is C20H23N3O2S. The maximum absolute atomic E-state index is 12.5. The van der Waals surface area contributed by atoms with Crippen LogP contribution in [0.25, 0.3) is 10.2 Å². The first kappa shape index (κ1) is 18.4. The van der Waals surface area contributed by atoms with Crippen molar-refractivity contribution in [2.75, 3.05) is 19.4 Å². The maximum atomic E-state index is 12.5. The Morgan fingerprint density at radius 2 is 1.88 bits per heavy atom. The van der Waals surface area contributed by atoms with Crippen LogP contribution in [0.15, 0.2) is 36.4 Å². The van der Waals surface area contributed by atoms with Gasteiger partial charge < -0.3 is 10.0 Å². The van der Waals surface area contributed by atoms with Crippen LogP contribution in [-0.2, 0) is 6.54 Å². The van der Waals surface area contributed by atoms with E-state index in [0.717, 1.165) is 15.8 Å². The maximum Gasteiger partial charge on any atom is 0.257 e. The molecule has 3 aromatic rings. The summed E-state index contributed by atoms with van der Waals surface area (Å²) in [6.45, 7) is 4.85. The van der Waals surface area contributed by atoms with E-state index in [1.165, 1.54) is 16.9 Å². The van der Waals surface area contributed by atoms with Gasteiger partial charge in [-0.2, -0.15) is 0 Å². The van der Waals surface area contributed by atoms with Gasteiger partial charge >= 0.3 is 0 Å². The number of benzene rings is 2. The molecule has 0 fully saturated rings. The van der Waals surface area contributed by atoms with E-state index in [-0.39, 0.29) is 11.7 Å². The van der Waals surface area contributed by atoms with Crippen LogP contribution in [0.5, 0.6) is 5.75 Å². The topological polar surface area (TPSA) is 65.5 Å². The van der Waals surface area contributed by atoms with E-state index in [4.69, 9.17) is 0 Å². The van der Waals surface area contributed by atoms with Gasteiger partial charge in [0.2, 0.25) is 0 Å². The van der Waals surface area contributed by atoms with E-state index in [2.05, 4.69) is 24.1 Å². The number of anilines is 1. The number of fused-ring (bicyclic) bond motifs is 1. The lowest BCUT2D eigenvalue weighted by molar-refractivity contribution is 0.102. The minimum absolute atomic E-state index is 0.183. The number of aromatic hydroxyl groups is 1. The minimum atomic E-state index is -0.183. The van der Waals surface area contributed by atoms with Crippen molar-refractivity contribution in [3.8, 4) is 5.75 Å². The van der Waals surface area contributed by atoms with Crippen LogP contribution in [0.4, 0.5) is 5.13 Å². The average Bonchev–Trinajstić information content (AvgIpc) is 3.00. The molecule has 5 nitrogen and oxygen atoms in total. The molecule has 0 spiro atoms. The van der Waals surface area contributed by atoms with Gasteiger partial charge in [-0.1, -0.05) is 37.3 Å². The van der Waals surface area contributed by atoms with Crippen molar-refractivity contribution in [1.82, 2.24) is 9.88 Å². The molecule has 0 saturated heterocycles. The largest absolute Gasteiger partial charge is 0.508 e. The van der Waals surface area contributed by atoms with Gasteiger partial charge in [0.15, 0.2) is 5.13 Å². The number of nitrogens with one attached hydrogen (secondary N) is 1. The monoisotopic (exact) mass is 369 g/mol. The third-order valence-electron chi connectivity index (χ3n) is 4.17. The predicted octanol–water partition coefficient (Wildman–Crippen LogP) is 4.44. The fraction of sp³-hybridized carbons (Fsp3) is 0.300. The Hall–Kier alpha value is -2.44. The lowest BCUT2D eigenvalue weighted by atomic mass is 10.0. The molecular weight excluding hydrogens is 346 g/mol. The van der Waals surface area contributed by atoms with E-state index in [0.29, 0.717) is 23.2 Å². The number of thiazole rings is 1. The number of amides is 1. The van der Waals surface area contributed by atoms with Crippen LogP contribution in [0, 0.1) is 0 Å². The Morgan fingerprint density at radius 3 is 2.50 bits per heavy atom. The first-order valence-electron chi connectivity index (χ1n) is 8.52. The highest BCUT2D eigenvalue weighted by Gasteiger charge is 2.15. The first-order valence-corrected chi connectivity index (χ1v) is 9.34.